The molecular formula is C11H14ClN3O. The summed E-state index contributed by atoms with van der Waals surface area (Å²) in [5, 5.41) is 2.71. The average molecular weight is 240 g/mol. The number of nitrogens with zero attached hydrogens (tertiary/aromatic N) is 1. The van der Waals surface area contributed by atoms with E-state index in [-0.39, 0.29) is 11.8 Å². The van der Waals surface area contributed by atoms with E-state index in [0.29, 0.717) is 23.6 Å². The highest BCUT2D eigenvalue weighted by atomic mass is 35.5. The van der Waals surface area contributed by atoms with E-state index in [1.54, 1.807) is 24.3 Å². The Morgan fingerprint density at radius 1 is 1.44 bits per heavy atom. The number of hydrogen-bond acceptors (Lipinski definition) is 2. The molecule has 1 amide bonds. The fraction of sp³-hybridized carbons (Fsp3) is 0.273. The topological polar surface area (TPSA) is 67.5 Å². The van der Waals surface area contributed by atoms with Gasteiger partial charge in [-0.25, -0.2) is 4.99 Å². The summed E-state index contributed by atoms with van der Waals surface area (Å²) in [6, 6.07) is 6.85. The number of halogens is 1. The molecule has 1 aromatic rings. The molecule has 0 aliphatic heterocycles. The second-order valence-corrected chi connectivity index (χ2v) is 3.41. The SMILES string of the molecule is CCNC(=O)c1ccc(N=C(N)CCl)cc1. The number of nitrogens with two attached hydrogens (primary N) is 1. The van der Waals surface area contributed by atoms with E-state index >= 15 is 0 Å². The summed E-state index contributed by atoms with van der Waals surface area (Å²) < 4.78 is 0. The van der Waals surface area contributed by atoms with Gasteiger partial charge in [0.05, 0.1) is 11.6 Å². The van der Waals surface area contributed by atoms with Crippen LogP contribution in [0.1, 0.15) is 17.3 Å². The Hall–Kier alpha value is -1.55. The number of amides is 1. The molecule has 0 radical (unpaired) electrons. The molecule has 0 atom stereocenters. The lowest BCUT2D eigenvalue weighted by molar-refractivity contribution is 0.0956. The molecule has 1 rings (SSSR count). The zero-order valence-corrected chi connectivity index (χ0v) is 9.79. The highest BCUT2D eigenvalue weighted by molar-refractivity contribution is 6.28. The van der Waals surface area contributed by atoms with Crippen LogP contribution in [0, 0.1) is 0 Å². The zero-order valence-electron chi connectivity index (χ0n) is 9.03. The largest absolute Gasteiger partial charge is 0.386 e. The molecule has 1 aromatic carbocycles. The van der Waals surface area contributed by atoms with Crippen molar-refractivity contribution in [2.75, 3.05) is 12.4 Å². The molecule has 0 aromatic heterocycles. The first-order chi connectivity index (χ1) is 7.67. The Kier molecular flexibility index (Phi) is 4.79. The van der Waals surface area contributed by atoms with E-state index in [0.717, 1.165) is 0 Å². The number of rotatable bonds is 4. The van der Waals surface area contributed by atoms with E-state index < -0.39 is 0 Å². The van der Waals surface area contributed by atoms with Crippen molar-refractivity contribution < 1.29 is 4.79 Å². The van der Waals surface area contributed by atoms with Crippen molar-refractivity contribution >= 4 is 29.0 Å². The molecule has 3 N–H and O–H groups in total. The first-order valence-electron chi connectivity index (χ1n) is 4.94. The molecular weight excluding hydrogens is 226 g/mol. The van der Waals surface area contributed by atoms with Crippen molar-refractivity contribution in [3.63, 3.8) is 0 Å². The van der Waals surface area contributed by atoms with Gasteiger partial charge in [-0.05, 0) is 31.2 Å². The minimum atomic E-state index is -0.0941. The van der Waals surface area contributed by atoms with Gasteiger partial charge in [0.2, 0.25) is 0 Å². The number of benzene rings is 1. The van der Waals surface area contributed by atoms with Gasteiger partial charge in [0.15, 0.2) is 0 Å². The van der Waals surface area contributed by atoms with E-state index in [1.165, 1.54) is 0 Å². The molecule has 86 valence electrons. The van der Waals surface area contributed by atoms with Crippen LogP contribution in [0.4, 0.5) is 5.69 Å². The van der Waals surface area contributed by atoms with Gasteiger partial charge in [-0.3, -0.25) is 4.79 Å². The Bertz CT molecular complexity index is 387. The maximum Gasteiger partial charge on any atom is 0.251 e. The van der Waals surface area contributed by atoms with Gasteiger partial charge >= 0.3 is 0 Å². The zero-order chi connectivity index (χ0) is 12.0. The van der Waals surface area contributed by atoms with Gasteiger partial charge in [0.1, 0.15) is 5.84 Å². The molecule has 0 saturated carbocycles. The highest BCUT2D eigenvalue weighted by Crippen LogP contribution is 2.13. The van der Waals surface area contributed by atoms with E-state index in [9.17, 15) is 4.79 Å². The first-order valence-corrected chi connectivity index (χ1v) is 5.48. The van der Waals surface area contributed by atoms with Gasteiger partial charge in [-0.15, -0.1) is 11.6 Å². The number of alkyl halides is 1. The molecule has 4 nitrogen and oxygen atoms in total. The molecule has 0 heterocycles. The second-order valence-electron chi connectivity index (χ2n) is 3.14. The van der Waals surface area contributed by atoms with Crippen molar-refractivity contribution in [1.82, 2.24) is 5.32 Å². The van der Waals surface area contributed by atoms with Gasteiger partial charge in [-0.2, -0.15) is 0 Å². The maximum absolute atomic E-state index is 11.4. The highest BCUT2D eigenvalue weighted by Gasteiger charge is 2.02. The molecule has 0 aliphatic rings. The maximum atomic E-state index is 11.4. The minimum Gasteiger partial charge on any atom is -0.386 e. The van der Waals surface area contributed by atoms with Crippen molar-refractivity contribution in [3.8, 4) is 0 Å². The molecule has 0 spiro atoms. The van der Waals surface area contributed by atoms with Crippen molar-refractivity contribution in [3.05, 3.63) is 29.8 Å². The summed E-state index contributed by atoms with van der Waals surface area (Å²) in [7, 11) is 0. The first kappa shape index (κ1) is 12.5. The molecule has 0 unspecified atom stereocenters. The Morgan fingerprint density at radius 3 is 2.56 bits per heavy atom. The second kappa shape index (κ2) is 6.12. The summed E-state index contributed by atoms with van der Waals surface area (Å²) in [5.74, 6) is 0.453. The number of hydrogen-bond donors (Lipinski definition) is 2. The molecule has 16 heavy (non-hydrogen) atoms. The van der Waals surface area contributed by atoms with Crippen LogP contribution in [0.2, 0.25) is 0 Å². The fourth-order valence-electron chi connectivity index (χ4n) is 1.15. The lowest BCUT2D eigenvalue weighted by Gasteiger charge is -2.02. The number of amidine groups is 1. The standard InChI is InChI=1S/C11H14ClN3O/c1-2-14-11(16)8-3-5-9(6-4-8)15-10(13)7-12/h3-6H,2,7H2,1H3,(H2,13,15)(H,14,16). The molecule has 0 aliphatic carbocycles. The number of nitrogens with one attached hydrogen (secondary N) is 1. The third kappa shape index (κ3) is 3.55. The Balaban J connectivity index is 2.79. The summed E-state index contributed by atoms with van der Waals surface area (Å²) in [5.41, 5.74) is 6.78. The van der Waals surface area contributed by atoms with Crippen LogP contribution in [-0.4, -0.2) is 24.2 Å². The van der Waals surface area contributed by atoms with Crippen LogP contribution >= 0.6 is 11.6 Å². The smallest absolute Gasteiger partial charge is 0.251 e. The summed E-state index contributed by atoms with van der Waals surface area (Å²) in [6.07, 6.45) is 0. The van der Waals surface area contributed by atoms with E-state index in [1.807, 2.05) is 6.92 Å². The van der Waals surface area contributed by atoms with Crippen LogP contribution in [0.5, 0.6) is 0 Å². The molecule has 0 bridgehead atoms. The normalized spacial score (nSPS) is 11.2. The Morgan fingerprint density at radius 2 is 2.06 bits per heavy atom. The van der Waals surface area contributed by atoms with Gasteiger partial charge in [-0.1, -0.05) is 0 Å². The van der Waals surface area contributed by atoms with Crippen molar-refractivity contribution in [2.24, 2.45) is 10.7 Å². The van der Waals surface area contributed by atoms with E-state index in [4.69, 9.17) is 17.3 Å². The molecule has 5 heteroatoms. The number of aliphatic imine (C=N–C) groups is 1. The van der Waals surface area contributed by atoms with Crippen LogP contribution < -0.4 is 11.1 Å². The predicted molar refractivity (Wildman–Crippen MR) is 66.5 cm³/mol. The molecule has 0 fully saturated rings. The van der Waals surface area contributed by atoms with Gasteiger partial charge in [0.25, 0.3) is 5.91 Å². The average Bonchev–Trinajstić information content (AvgIpc) is 2.30. The number of carbonyl (C=O) groups is 1. The van der Waals surface area contributed by atoms with Crippen molar-refractivity contribution in [2.45, 2.75) is 6.92 Å². The molecule has 0 saturated heterocycles. The van der Waals surface area contributed by atoms with Crippen LogP contribution in [0.3, 0.4) is 0 Å². The summed E-state index contributed by atoms with van der Waals surface area (Å²) in [6.45, 7) is 2.48. The van der Waals surface area contributed by atoms with Crippen LogP contribution in [0.15, 0.2) is 29.3 Å². The quantitative estimate of drug-likeness (QED) is 0.477. The van der Waals surface area contributed by atoms with E-state index in [2.05, 4.69) is 10.3 Å². The van der Waals surface area contributed by atoms with Gasteiger partial charge < -0.3 is 11.1 Å². The monoisotopic (exact) mass is 239 g/mol. The minimum absolute atomic E-state index is 0.0941. The summed E-state index contributed by atoms with van der Waals surface area (Å²) >= 11 is 5.50. The van der Waals surface area contributed by atoms with Crippen molar-refractivity contribution in [1.29, 1.82) is 0 Å². The van der Waals surface area contributed by atoms with Gasteiger partial charge in [0, 0.05) is 12.1 Å². The lowest BCUT2D eigenvalue weighted by atomic mass is 10.2. The van der Waals surface area contributed by atoms with Crippen LogP contribution in [0.25, 0.3) is 0 Å². The number of carbonyl (C=O) groups excluding carboxylic acids is 1. The third-order valence-corrected chi connectivity index (χ3v) is 2.15. The lowest BCUT2D eigenvalue weighted by Crippen LogP contribution is -2.22. The third-order valence-electron chi connectivity index (χ3n) is 1.88. The Labute approximate surface area is 99.5 Å². The summed E-state index contributed by atoms with van der Waals surface area (Å²) in [4.78, 5) is 15.5. The van der Waals surface area contributed by atoms with Crippen LogP contribution in [-0.2, 0) is 0 Å². The predicted octanol–water partition coefficient (Wildman–Crippen LogP) is 1.66. The fourth-order valence-corrected chi connectivity index (χ4v) is 1.21.